The summed E-state index contributed by atoms with van der Waals surface area (Å²) in [4.78, 5) is 5.36. The Bertz CT molecular complexity index is 402. The predicted molar refractivity (Wildman–Crippen MR) is 78.0 cm³/mol. The summed E-state index contributed by atoms with van der Waals surface area (Å²) >= 11 is 0. The van der Waals surface area contributed by atoms with Gasteiger partial charge in [0, 0.05) is 7.05 Å². The highest BCUT2D eigenvalue weighted by atomic mass is 16.6. The van der Waals surface area contributed by atoms with Crippen molar-refractivity contribution in [1.29, 1.82) is 0 Å². The minimum atomic E-state index is 0.182. The minimum absolute atomic E-state index is 0.182. The summed E-state index contributed by atoms with van der Waals surface area (Å²) in [5, 5.41) is 0. The predicted octanol–water partition coefficient (Wildman–Crippen LogP) is 4.22. The molecule has 0 aliphatic carbocycles. The zero-order valence-corrected chi connectivity index (χ0v) is 12.8. The van der Waals surface area contributed by atoms with Crippen LogP contribution < -0.4 is 10.3 Å². The number of hydrogen-bond acceptors (Lipinski definition) is 2. The third-order valence-electron chi connectivity index (χ3n) is 3.14. The third kappa shape index (κ3) is 4.02. The quantitative estimate of drug-likeness (QED) is 0.807. The van der Waals surface area contributed by atoms with Gasteiger partial charge in [0.15, 0.2) is 0 Å². The number of benzene rings is 1. The van der Waals surface area contributed by atoms with Crippen LogP contribution in [0.5, 0.6) is 5.75 Å². The van der Waals surface area contributed by atoms with Crippen LogP contribution in [0.2, 0.25) is 0 Å². The molecule has 0 aliphatic rings. The van der Waals surface area contributed by atoms with E-state index in [1.807, 2.05) is 6.07 Å². The van der Waals surface area contributed by atoms with Crippen LogP contribution in [-0.4, -0.2) is 7.05 Å². The Balaban J connectivity index is 2.99. The Kier molecular flexibility index (Phi) is 4.44. The number of nitrogens with one attached hydrogen (secondary N) is 1. The van der Waals surface area contributed by atoms with Crippen molar-refractivity contribution in [1.82, 2.24) is 5.48 Å². The fourth-order valence-corrected chi connectivity index (χ4v) is 2.72. The summed E-state index contributed by atoms with van der Waals surface area (Å²) < 4.78 is 0. The molecule has 2 nitrogen and oxygen atoms in total. The molecule has 0 amide bonds. The van der Waals surface area contributed by atoms with Gasteiger partial charge in [-0.3, -0.25) is 0 Å². The Morgan fingerprint density at radius 1 is 1.11 bits per heavy atom. The van der Waals surface area contributed by atoms with Gasteiger partial charge in [0.05, 0.1) is 0 Å². The zero-order valence-electron chi connectivity index (χ0n) is 12.8. The number of hydrogen-bond donors (Lipinski definition) is 1. The van der Waals surface area contributed by atoms with Gasteiger partial charge < -0.3 is 4.84 Å². The van der Waals surface area contributed by atoms with Gasteiger partial charge in [0.25, 0.3) is 0 Å². The smallest absolute Gasteiger partial charge is 0.150 e. The molecule has 0 atom stereocenters. The SMILES string of the molecule is CNOc1ccc(C(C)(C)CC(C)(C)C)cc1C. The summed E-state index contributed by atoms with van der Waals surface area (Å²) in [5.41, 5.74) is 5.78. The molecule has 0 saturated heterocycles. The molecule has 1 N–H and O–H groups in total. The number of hydroxylamine groups is 1. The van der Waals surface area contributed by atoms with Crippen LogP contribution in [0.4, 0.5) is 0 Å². The zero-order chi connectivity index (χ0) is 14.0. The van der Waals surface area contributed by atoms with Gasteiger partial charge in [-0.25, -0.2) is 0 Å². The maximum Gasteiger partial charge on any atom is 0.150 e. The lowest BCUT2D eigenvalue weighted by atomic mass is 9.72. The largest absolute Gasteiger partial charge is 0.409 e. The van der Waals surface area contributed by atoms with E-state index in [1.54, 1.807) is 7.05 Å². The molecule has 0 fully saturated rings. The van der Waals surface area contributed by atoms with Gasteiger partial charge in [-0.1, -0.05) is 46.8 Å². The molecule has 0 bridgehead atoms. The first kappa shape index (κ1) is 15.0. The van der Waals surface area contributed by atoms with Gasteiger partial charge >= 0.3 is 0 Å². The van der Waals surface area contributed by atoms with Crippen LogP contribution in [0.1, 0.15) is 52.2 Å². The van der Waals surface area contributed by atoms with Crippen LogP contribution in [0.15, 0.2) is 18.2 Å². The summed E-state index contributed by atoms with van der Waals surface area (Å²) in [5.74, 6) is 0.896. The lowest BCUT2D eigenvalue weighted by Crippen LogP contribution is -2.25. The summed E-state index contributed by atoms with van der Waals surface area (Å²) in [6, 6.07) is 6.45. The van der Waals surface area contributed by atoms with Gasteiger partial charge in [-0.15, -0.1) is 0 Å². The first-order chi connectivity index (χ1) is 8.15. The molecule has 0 aliphatic heterocycles. The van der Waals surface area contributed by atoms with Crippen molar-refractivity contribution >= 4 is 0 Å². The van der Waals surface area contributed by atoms with Crippen molar-refractivity contribution in [3.63, 3.8) is 0 Å². The van der Waals surface area contributed by atoms with E-state index in [-0.39, 0.29) is 5.41 Å². The van der Waals surface area contributed by atoms with E-state index >= 15 is 0 Å². The van der Waals surface area contributed by atoms with E-state index in [0.29, 0.717) is 5.41 Å². The highest BCUT2D eigenvalue weighted by Gasteiger charge is 2.27. The molecule has 1 aromatic carbocycles. The summed E-state index contributed by atoms with van der Waals surface area (Å²) in [7, 11) is 1.77. The van der Waals surface area contributed by atoms with Gasteiger partial charge in [-0.05, 0) is 41.4 Å². The van der Waals surface area contributed by atoms with Crippen molar-refractivity contribution < 1.29 is 4.84 Å². The fourth-order valence-electron chi connectivity index (χ4n) is 2.72. The van der Waals surface area contributed by atoms with Crippen LogP contribution in [0.25, 0.3) is 0 Å². The summed E-state index contributed by atoms with van der Waals surface area (Å²) in [6.45, 7) is 13.6. The van der Waals surface area contributed by atoms with E-state index in [1.165, 1.54) is 11.1 Å². The lowest BCUT2D eigenvalue weighted by molar-refractivity contribution is 0.222. The fraction of sp³-hybridized carbons (Fsp3) is 0.625. The standard InChI is InChI=1S/C16H27NO/c1-12-10-13(8-9-14(12)18-17-7)16(5,6)11-15(2,3)4/h8-10,17H,11H2,1-7H3. The molecule has 0 heterocycles. The molecule has 2 heteroatoms. The third-order valence-corrected chi connectivity index (χ3v) is 3.14. The maximum atomic E-state index is 5.36. The van der Waals surface area contributed by atoms with Crippen molar-refractivity contribution in [3.8, 4) is 5.75 Å². The number of rotatable bonds is 4. The Labute approximate surface area is 112 Å². The van der Waals surface area contributed by atoms with E-state index in [0.717, 1.165) is 12.2 Å². The minimum Gasteiger partial charge on any atom is -0.409 e. The molecule has 0 saturated carbocycles. The molecular weight excluding hydrogens is 222 g/mol. The molecule has 1 aromatic rings. The lowest BCUT2D eigenvalue weighted by Gasteiger charge is -2.33. The van der Waals surface area contributed by atoms with Gasteiger partial charge in [0.2, 0.25) is 0 Å². The maximum absolute atomic E-state index is 5.36. The molecule has 102 valence electrons. The van der Waals surface area contributed by atoms with E-state index in [2.05, 4.69) is 59.2 Å². The Hall–Kier alpha value is -1.02. The van der Waals surface area contributed by atoms with Crippen LogP contribution >= 0.6 is 0 Å². The first-order valence-electron chi connectivity index (χ1n) is 6.60. The monoisotopic (exact) mass is 249 g/mol. The van der Waals surface area contributed by atoms with Gasteiger partial charge in [-0.2, -0.15) is 5.48 Å². The van der Waals surface area contributed by atoms with Crippen LogP contribution in [0, 0.1) is 12.3 Å². The summed E-state index contributed by atoms with van der Waals surface area (Å²) in [6.07, 6.45) is 1.16. The second kappa shape index (κ2) is 5.31. The number of aryl methyl sites for hydroxylation is 1. The Morgan fingerprint density at radius 3 is 2.17 bits per heavy atom. The molecule has 1 rings (SSSR count). The normalized spacial score (nSPS) is 12.6. The van der Waals surface area contributed by atoms with Crippen molar-refractivity contribution in [3.05, 3.63) is 29.3 Å². The van der Waals surface area contributed by atoms with Crippen LogP contribution in [-0.2, 0) is 5.41 Å². The van der Waals surface area contributed by atoms with Crippen molar-refractivity contribution in [2.24, 2.45) is 5.41 Å². The second-order valence-electron chi connectivity index (χ2n) is 6.91. The second-order valence-corrected chi connectivity index (χ2v) is 6.91. The van der Waals surface area contributed by atoms with Crippen molar-refractivity contribution in [2.45, 2.75) is 53.4 Å². The topological polar surface area (TPSA) is 21.3 Å². The average molecular weight is 249 g/mol. The van der Waals surface area contributed by atoms with E-state index < -0.39 is 0 Å². The molecule has 18 heavy (non-hydrogen) atoms. The molecule has 0 aromatic heterocycles. The molecule has 0 unspecified atom stereocenters. The molecule has 0 radical (unpaired) electrons. The van der Waals surface area contributed by atoms with Gasteiger partial charge in [0.1, 0.15) is 5.75 Å². The highest BCUT2D eigenvalue weighted by molar-refractivity contribution is 5.39. The van der Waals surface area contributed by atoms with Crippen molar-refractivity contribution in [2.75, 3.05) is 7.05 Å². The van der Waals surface area contributed by atoms with E-state index in [9.17, 15) is 0 Å². The molecule has 0 spiro atoms. The molecular formula is C16H27NO. The average Bonchev–Trinajstić information content (AvgIpc) is 2.17. The first-order valence-corrected chi connectivity index (χ1v) is 6.60. The van der Waals surface area contributed by atoms with Crippen LogP contribution in [0.3, 0.4) is 0 Å². The Morgan fingerprint density at radius 2 is 1.72 bits per heavy atom. The van der Waals surface area contributed by atoms with E-state index in [4.69, 9.17) is 4.84 Å². The highest BCUT2D eigenvalue weighted by Crippen LogP contribution is 2.37.